The molecule has 1 aliphatic rings. The Labute approximate surface area is 137 Å². The SMILES string of the molecule is CC(C)CS(=O)(=O)N1CCC(Oc2cccc3cccnc23)C1. The van der Waals surface area contributed by atoms with Crippen LogP contribution in [0.15, 0.2) is 36.5 Å². The van der Waals surface area contributed by atoms with E-state index < -0.39 is 10.0 Å². The number of nitrogens with zero attached hydrogens (tertiary/aromatic N) is 2. The van der Waals surface area contributed by atoms with Gasteiger partial charge in [0.15, 0.2) is 0 Å². The van der Waals surface area contributed by atoms with Crippen LogP contribution in [0.25, 0.3) is 10.9 Å². The second-order valence-electron chi connectivity index (χ2n) is 6.39. The first kappa shape index (κ1) is 16.2. The number of sulfonamides is 1. The Hall–Kier alpha value is -1.66. The van der Waals surface area contributed by atoms with E-state index in [1.807, 2.05) is 44.2 Å². The van der Waals surface area contributed by atoms with Crippen molar-refractivity contribution in [2.24, 2.45) is 5.92 Å². The highest BCUT2D eigenvalue weighted by Crippen LogP contribution is 2.27. The van der Waals surface area contributed by atoms with Crippen molar-refractivity contribution in [1.29, 1.82) is 0 Å². The molecule has 124 valence electrons. The second-order valence-corrected chi connectivity index (χ2v) is 8.40. The van der Waals surface area contributed by atoms with Crippen LogP contribution < -0.4 is 4.74 Å². The molecule has 0 N–H and O–H groups in total. The molecule has 23 heavy (non-hydrogen) atoms. The maximum Gasteiger partial charge on any atom is 0.214 e. The molecule has 1 atom stereocenters. The topological polar surface area (TPSA) is 59.5 Å². The van der Waals surface area contributed by atoms with Crippen molar-refractivity contribution in [3.05, 3.63) is 36.5 Å². The molecule has 0 aliphatic carbocycles. The van der Waals surface area contributed by atoms with Crippen molar-refractivity contribution in [3.63, 3.8) is 0 Å². The highest BCUT2D eigenvalue weighted by molar-refractivity contribution is 7.89. The molecule has 0 spiro atoms. The summed E-state index contributed by atoms with van der Waals surface area (Å²) in [4.78, 5) is 4.37. The molecule has 0 radical (unpaired) electrons. The first-order chi connectivity index (χ1) is 11.0. The van der Waals surface area contributed by atoms with Crippen molar-refractivity contribution in [1.82, 2.24) is 9.29 Å². The molecular formula is C17H22N2O3S. The van der Waals surface area contributed by atoms with E-state index in [1.165, 1.54) is 0 Å². The van der Waals surface area contributed by atoms with Gasteiger partial charge in [-0.3, -0.25) is 4.98 Å². The highest BCUT2D eigenvalue weighted by atomic mass is 32.2. The molecule has 0 saturated carbocycles. The number of fused-ring (bicyclic) bond motifs is 1. The lowest BCUT2D eigenvalue weighted by Crippen LogP contribution is -2.34. The van der Waals surface area contributed by atoms with Crippen LogP contribution in [-0.2, 0) is 10.0 Å². The number of rotatable bonds is 5. The number of ether oxygens (including phenoxy) is 1. The Balaban J connectivity index is 1.73. The third-order valence-electron chi connectivity index (χ3n) is 3.93. The summed E-state index contributed by atoms with van der Waals surface area (Å²) >= 11 is 0. The largest absolute Gasteiger partial charge is 0.487 e. The van der Waals surface area contributed by atoms with Crippen molar-refractivity contribution < 1.29 is 13.2 Å². The van der Waals surface area contributed by atoms with E-state index in [2.05, 4.69) is 4.98 Å². The summed E-state index contributed by atoms with van der Waals surface area (Å²) in [5.74, 6) is 1.04. The molecule has 1 saturated heterocycles. The van der Waals surface area contributed by atoms with E-state index in [9.17, 15) is 8.42 Å². The summed E-state index contributed by atoms with van der Waals surface area (Å²) in [7, 11) is -3.19. The summed E-state index contributed by atoms with van der Waals surface area (Å²) in [6.45, 7) is 4.78. The smallest absolute Gasteiger partial charge is 0.214 e. The van der Waals surface area contributed by atoms with Crippen LogP contribution in [0.4, 0.5) is 0 Å². The van der Waals surface area contributed by atoms with Crippen LogP contribution in [-0.4, -0.2) is 42.7 Å². The van der Waals surface area contributed by atoms with Gasteiger partial charge < -0.3 is 4.74 Å². The first-order valence-electron chi connectivity index (χ1n) is 7.94. The molecule has 1 aromatic carbocycles. The Morgan fingerprint density at radius 2 is 2.09 bits per heavy atom. The van der Waals surface area contributed by atoms with E-state index in [0.717, 1.165) is 16.7 Å². The summed E-state index contributed by atoms with van der Waals surface area (Å²) < 4.78 is 32.2. The predicted octanol–water partition coefficient (Wildman–Crippen LogP) is 2.67. The predicted molar refractivity (Wildman–Crippen MR) is 91.0 cm³/mol. The molecule has 0 bridgehead atoms. The Morgan fingerprint density at radius 1 is 1.30 bits per heavy atom. The maximum atomic E-state index is 12.3. The molecular weight excluding hydrogens is 312 g/mol. The van der Waals surface area contributed by atoms with Crippen molar-refractivity contribution in [2.75, 3.05) is 18.8 Å². The van der Waals surface area contributed by atoms with Gasteiger partial charge in [0.05, 0.1) is 12.3 Å². The zero-order valence-corrected chi connectivity index (χ0v) is 14.3. The van der Waals surface area contributed by atoms with E-state index in [1.54, 1.807) is 10.5 Å². The average Bonchev–Trinajstić information content (AvgIpc) is 2.96. The molecule has 0 amide bonds. The van der Waals surface area contributed by atoms with Gasteiger partial charge in [-0.15, -0.1) is 0 Å². The molecule has 1 unspecified atom stereocenters. The normalized spacial score (nSPS) is 19.5. The van der Waals surface area contributed by atoms with Gasteiger partial charge in [-0.05, 0) is 24.5 Å². The summed E-state index contributed by atoms with van der Waals surface area (Å²) in [6.07, 6.45) is 2.33. The zero-order chi connectivity index (χ0) is 16.4. The van der Waals surface area contributed by atoms with Gasteiger partial charge in [0.1, 0.15) is 17.4 Å². The first-order valence-corrected chi connectivity index (χ1v) is 9.55. The Bertz CT molecular complexity index is 784. The fourth-order valence-electron chi connectivity index (χ4n) is 2.92. The summed E-state index contributed by atoms with van der Waals surface area (Å²) in [6, 6.07) is 9.69. The molecule has 2 heterocycles. The van der Waals surface area contributed by atoms with Gasteiger partial charge in [-0.1, -0.05) is 32.0 Å². The van der Waals surface area contributed by atoms with Crippen LogP contribution in [0.1, 0.15) is 20.3 Å². The monoisotopic (exact) mass is 334 g/mol. The van der Waals surface area contributed by atoms with Gasteiger partial charge in [0.25, 0.3) is 0 Å². The molecule has 1 fully saturated rings. The summed E-state index contributed by atoms with van der Waals surface area (Å²) in [5.41, 5.74) is 0.818. The van der Waals surface area contributed by atoms with Crippen LogP contribution >= 0.6 is 0 Å². The Morgan fingerprint density at radius 3 is 2.87 bits per heavy atom. The maximum absolute atomic E-state index is 12.3. The molecule has 1 aromatic heterocycles. The zero-order valence-electron chi connectivity index (χ0n) is 13.5. The molecule has 1 aliphatic heterocycles. The quantitative estimate of drug-likeness (QED) is 0.843. The van der Waals surface area contributed by atoms with Gasteiger partial charge in [-0.2, -0.15) is 4.31 Å². The minimum absolute atomic E-state index is 0.121. The molecule has 3 rings (SSSR count). The van der Waals surface area contributed by atoms with E-state index in [-0.39, 0.29) is 17.8 Å². The number of pyridine rings is 1. The lowest BCUT2D eigenvalue weighted by atomic mass is 10.2. The number of aromatic nitrogens is 1. The van der Waals surface area contributed by atoms with Crippen molar-refractivity contribution in [2.45, 2.75) is 26.4 Å². The van der Waals surface area contributed by atoms with E-state index in [0.29, 0.717) is 19.5 Å². The van der Waals surface area contributed by atoms with Crippen LogP contribution in [0.2, 0.25) is 0 Å². The molecule has 6 heteroatoms. The van der Waals surface area contributed by atoms with Crippen LogP contribution in [0.5, 0.6) is 5.75 Å². The Kier molecular flexibility index (Phi) is 4.55. The number of benzene rings is 1. The van der Waals surface area contributed by atoms with Gasteiger partial charge >= 0.3 is 0 Å². The van der Waals surface area contributed by atoms with E-state index in [4.69, 9.17) is 4.74 Å². The average molecular weight is 334 g/mol. The minimum atomic E-state index is -3.19. The van der Waals surface area contributed by atoms with Crippen molar-refractivity contribution in [3.8, 4) is 5.75 Å². The second kappa shape index (κ2) is 6.45. The van der Waals surface area contributed by atoms with Crippen molar-refractivity contribution >= 4 is 20.9 Å². The minimum Gasteiger partial charge on any atom is -0.487 e. The van der Waals surface area contributed by atoms with E-state index >= 15 is 0 Å². The number of hydrogen-bond donors (Lipinski definition) is 0. The van der Waals surface area contributed by atoms with Gasteiger partial charge in [0, 0.05) is 18.1 Å². The lowest BCUT2D eigenvalue weighted by molar-refractivity contribution is 0.218. The molecule has 5 nitrogen and oxygen atoms in total. The van der Waals surface area contributed by atoms with Crippen LogP contribution in [0.3, 0.4) is 0 Å². The number of hydrogen-bond acceptors (Lipinski definition) is 4. The fraction of sp³-hybridized carbons (Fsp3) is 0.471. The lowest BCUT2D eigenvalue weighted by Gasteiger charge is -2.18. The third kappa shape index (κ3) is 3.64. The van der Waals surface area contributed by atoms with Crippen LogP contribution in [0, 0.1) is 5.92 Å². The number of para-hydroxylation sites is 1. The van der Waals surface area contributed by atoms with Gasteiger partial charge in [0.2, 0.25) is 10.0 Å². The fourth-order valence-corrected chi connectivity index (χ4v) is 4.75. The third-order valence-corrected chi connectivity index (χ3v) is 6.14. The molecule has 2 aromatic rings. The summed E-state index contributed by atoms with van der Waals surface area (Å²) in [5, 5.41) is 1.02. The standard InChI is InChI=1S/C17H22N2O3S/c1-13(2)12-23(20,21)19-10-8-15(11-19)22-16-7-3-5-14-6-4-9-18-17(14)16/h3-7,9,13,15H,8,10-12H2,1-2H3. The highest BCUT2D eigenvalue weighted by Gasteiger charge is 2.33. The van der Waals surface area contributed by atoms with Gasteiger partial charge in [-0.25, -0.2) is 8.42 Å².